The Kier molecular flexibility index (Phi) is 7.09. The van der Waals surface area contributed by atoms with Crippen LogP contribution in [0.5, 0.6) is 5.75 Å². The minimum atomic E-state index is -4.60. The van der Waals surface area contributed by atoms with Crippen molar-refractivity contribution in [3.05, 3.63) is 65.5 Å². The van der Waals surface area contributed by atoms with Gasteiger partial charge in [-0.15, -0.1) is 0 Å². The first-order valence-corrected chi connectivity index (χ1v) is 11.2. The van der Waals surface area contributed by atoms with E-state index in [1.807, 2.05) is 6.07 Å². The normalized spacial score (nSPS) is 13.7. The van der Waals surface area contributed by atoms with Crippen molar-refractivity contribution in [1.82, 2.24) is 14.9 Å². The van der Waals surface area contributed by atoms with Gasteiger partial charge in [-0.1, -0.05) is 12.1 Å². The summed E-state index contributed by atoms with van der Waals surface area (Å²) in [6.45, 7) is 3.02. The molecule has 1 saturated heterocycles. The Labute approximate surface area is 204 Å². The largest absolute Gasteiger partial charge is 0.491 e. The summed E-state index contributed by atoms with van der Waals surface area (Å²) in [4.78, 5) is 32.7. The summed E-state index contributed by atoms with van der Waals surface area (Å²) in [6.07, 6.45) is -2.26. The second kappa shape index (κ2) is 10.2. The molecule has 8 nitrogen and oxygen atoms in total. The number of aromatic carboxylic acids is 1. The molecule has 0 saturated carbocycles. The summed E-state index contributed by atoms with van der Waals surface area (Å²) in [7, 11) is 0. The van der Waals surface area contributed by atoms with Gasteiger partial charge in [-0.25, -0.2) is 14.8 Å². The van der Waals surface area contributed by atoms with E-state index in [0.717, 1.165) is 24.2 Å². The Bertz CT molecular complexity index is 1300. The van der Waals surface area contributed by atoms with E-state index in [4.69, 9.17) is 4.74 Å². The Morgan fingerprint density at radius 1 is 1.17 bits per heavy atom. The summed E-state index contributed by atoms with van der Waals surface area (Å²) >= 11 is 0. The quantitative estimate of drug-likeness (QED) is 0.453. The highest BCUT2D eigenvalue weighted by molar-refractivity contribution is 5.93. The highest BCUT2D eigenvalue weighted by Crippen LogP contribution is 2.31. The number of carbonyl (C=O) groups excluding carboxylic acids is 1. The number of aryl methyl sites for hydroxylation is 1. The van der Waals surface area contributed by atoms with Gasteiger partial charge in [-0.2, -0.15) is 13.2 Å². The van der Waals surface area contributed by atoms with Crippen LogP contribution in [0.4, 0.5) is 24.8 Å². The summed E-state index contributed by atoms with van der Waals surface area (Å²) in [6, 6.07) is 10.7. The van der Waals surface area contributed by atoms with Gasteiger partial charge in [0.2, 0.25) is 11.9 Å². The van der Waals surface area contributed by atoms with E-state index in [-0.39, 0.29) is 29.8 Å². The number of rotatable bonds is 8. The Balaban J connectivity index is 1.55. The average molecular weight is 500 g/mol. The van der Waals surface area contributed by atoms with Gasteiger partial charge in [-0.3, -0.25) is 4.79 Å². The number of carboxylic acid groups (broad SMARTS) is 1. The number of nitrogens with zero attached hydrogens (tertiary/aromatic N) is 3. The smallest absolute Gasteiger partial charge is 0.433 e. The molecule has 11 heteroatoms. The molecular weight excluding hydrogens is 477 g/mol. The Morgan fingerprint density at radius 3 is 2.67 bits per heavy atom. The molecule has 3 aromatic rings. The summed E-state index contributed by atoms with van der Waals surface area (Å²) in [5.74, 6) is -1.15. The number of aromatic nitrogens is 2. The molecule has 0 spiro atoms. The first-order valence-electron chi connectivity index (χ1n) is 11.2. The number of amides is 1. The fourth-order valence-electron chi connectivity index (χ4n) is 3.94. The molecule has 2 N–H and O–H groups in total. The van der Waals surface area contributed by atoms with Crippen molar-refractivity contribution in [3.8, 4) is 16.9 Å². The fourth-order valence-corrected chi connectivity index (χ4v) is 3.94. The van der Waals surface area contributed by atoms with Gasteiger partial charge in [0.25, 0.3) is 0 Å². The molecule has 0 atom stereocenters. The van der Waals surface area contributed by atoms with Crippen LogP contribution in [0.2, 0.25) is 0 Å². The van der Waals surface area contributed by atoms with Gasteiger partial charge in [0.15, 0.2) is 0 Å². The number of carboxylic acids is 1. The third-order valence-electron chi connectivity index (χ3n) is 5.61. The molecule has 1 amide bonds. The van der Waals surface area contributed by atoms with Crippen LogP contribution >= 0.6 is 0 Å². The molecule has 1 fully saturated rings. The molecular formula is C25H23F3N4O4. The van der Waals surface area contributed by atoms with Crippen LogP contribution in [-0.2, 0) is 11.0 Å². The van der Waals surface area contributed by atoms with Gasteiger partial charge in [0.1, 0.15) is 23.6 Å². The summed E-state index contributed by atoms with van der Waals surface area (Å²) in [5, 5.41) is 12.5. The van der Waals surface area contributed by atoms with Gasteiger partial charge in [-0.05, 0) is 60.4 Å². The molecule has 0 unspecified atom stereocenters. The maximum absolute atomic E-state index is 13.0. The molecule has 1 aliphatic rings. The number of carbonyl (C=O) groups is 2. The summed E-state index contributed by atoms with van der Waals surface area (Å²) < 4.78 is 44.6. The van der Waals surface area contributed by atoms with Crippen molar-refractivity contribution in [3.63, 3.8) is 0 Å². The number of likely N-dealkylation sites (tertiary alicyclic amines) is 1. The lowest BCUT2D eigenvalue weighted by atomic mass is 10.00. The number of hydrogen-bond acceptors (Lipinski definition) is 6. The first-order chi connectivity index (χ1) is 17.1. The van der Waals surface area contributed by atoms with Crippen molar-refractivity contribution >= 4 is 23.5 Å². The van der Waals surface area contributed by atoms with Crippen molar-refractivity contribution in [2.24, 2.45) is 0 Å². The zero-order valence-electron chi connectivity index (χ0n) is 19.3. The average Bonchev–Trinajstić information content (AvgIpc) is 3.23. The molecule has 0 aliphatic carbocycles. The number of ether oxygens (including phenoxy) is 1. The molecule has 2 aromatic carbocycles. The second-order valence-electron chi connectivity index (χ2n) is 8.32. The van der Waals surface area contributed by atoms with Crippen LogP contribution in [0.3, 0.4) is 0 Å². The molecule has 0 radical (unpaired) electrons. The lowest BCUT2D eigenvalue weighted by Gasteiger charge is -2.17. The SMILES string of the molecule is Cc1cc(Nc2nccc(C(F)(F)F)n2)cc(-c2ccc(OCCN3CCCC3=O)c(C(=O)O)c2)c1. The van der Waals surface area contributed by atoms with Gasteiger partial charge in [0.05, 0.1) is 6.54 Å². The van der Waals surface area contributed by atoms with Crippen LogP contribution in [0.15, 0.2) is 48.7 Å². The van der Waals surface area contributed by atoms with E-state index >= 15 is 0 Å². The summed E-state index contributed by atoms with van der Waals surface area (Å²) in [5.41, 5.74) is 1.33. The molecule has 0 bridgehead atoms. The standard InChI is InChI=1S/C25H23F3N4O4/c1-15-11-17(13-18(12-15)30-24-29-7-6-21(31-24)25(26,27)28)16-4-5-20(19(14-16)23(34)35)36-10-9-32-8-2-3-22(32)33/h4-7,11-14H,2-3,8-10H2,1H3,(H,34,35)(H,29,30,31). The zero-order chi connectivity index (χ0) is 25.9. The minimum Gasteiger partial charge on any atom is -0.491 e. The monoisotopic (exact) mass is 500 g/mol. The molecule has 1 aliphatic heterocycles. The third-order valence-corrected chi connectivity index (χ3v) is 5.61. The van der Waals surface area contributed by atoms with E-state index in [0.29, 0.717) is 36.3 Å². The van der Waals surface area contributed by atoms with E-state index in [1.165, 1.54) is 6.07 Å². The Hall–Kier alpha value is -4.15. The topological polar surface area (TPSA) is 105 Å². The predicted molar refractivity (Wildman–Crippen MR) is 125 cm³/mol. The van der Waals surface area contributed by atoms with Crippen LogP contribution in [0.1, 0.15) is 34.5 Å². The first kappa shape index (κ1) is 25.0. The fraction of sp³-hybridized carbons (Fsp3) is 0.280. The van der Waals surface area contributed by atoms with Crippen molar-refractivity contribution < 1.29 is 32.6 Å². The predicted octanol–water partition coefficient (Wildman–Crippen LogP) is 4.91. The lowest BCUT2D eigenvalue weighted by Crippen LogP contribution is -2.29. The van der Waals surface area contributed by atoms with E-state index in [2.05, 4.69) is 15.3 Å². The number of anilines is 2. The van der Waals surface area contributed by atoms with E-state index in [1.54, 1.807) is 36.1 Å². The number of nitrogens with one attached hydrogen (secondary N) is 1. The maximum Gasteiger partial charge on any atom is 0.433 e. The second-order valence-corrected chi connectivity index (χ2v) is 8.32. The molecule has 1 aromatic heterocycles. The maximum atomic E-state index is 13.0. The highest BCUT2D eigenvalue weighted by atomic mass is 19.4. The van der Waals surface area contributed by atoms with E-state index in [9.17, 15) is 27.9 Å². The minimum absolute atomic E-state index is 0.0440. The van der Waals surface area contributed by atoms with Crippen LogP contribution < -0.4 is 10.1 Å². The highest BCUT2D eigenvalue weighted by Gasteiger charge is 2.32. The van der Waals surface area contributed by atoms with Crippen molar-refractivity contribution in [2.75, 3.05) is 25.0 Å². The van der Waals surface area contributed by atoms with Gasteiger partial charge in [0, 0.05) is 24.8 Å². The van der Waals surface area contributed by atoms with E-state index < -0.39 is 17.8 Å². The molecule has 2 heterocycles. The van der Waals surface area contributed by atoms with Crippen LogP contribution in [-0.4, -0.2) is 51.5 Å². The Morgan fingerprint density at radius 2 is 1.97 bits per heavy atom. The number of halogens is 3. The molecule has 188 valence electrons. The zero-order valence-corrected chi connectivity index (χ0v) is 19.3. The lowest BCUT2D eigenvalue weighted by molar-refractivity contribution is -0.141. The molecule has 36 heavy (non-hydrogen) atoms. The third kappa shape index (κ3) is 5.91. The van der Waals surface area contributed by atoms with Crippen LogP contribution in [0, 0.1) is 6.92 Å². The molecule has 4 rings (SSSR count). The number of benzene rings is 2. The van der Waals surface area contributed by atoms with Gasteiger partial charge < -0.3 is 20.1 Å². The van der Waals surface area contributed by atoms with Crippen LogP contribution in [0.25, 0.3) is 11.1 Å². The van der Waals surface area contributed by atoms with Gasteiger partial charge >= 0.3 is 12.1 Å². The van der Waals surface area contributed by atoms with Crippen molar-refractivity contribution in [2.45, 2.75) is 25.9 Å². The number of hydrogen-bond donors (Lipinski definition) is 2. The number of alkyl halides is 3. The van der Waals surface area contributed by atoms with Crippen molar-refractivity contribution in [1.29, 1.82) is 0 Å².